The average Bonchev–Trinajstić information content (AvgIpc) is 3.19. The Kier molecular flexibility index (Phi) is 5.74. The minimum absolute atomic E-state index is 0.167. The molecule has 150 valence electrons. The first-order chi connectivity index (χ1) is 13.3. The monoisotopic (exact) mass is 405 g/mol. The number of anilines is 1. The van der Waals surface area contributed by atoms with Crippen molar-refractivity contribution in [3.05, 3.63) is 35.0 Å². The third kappa shape index (κ3) is 3.89. The molecule has 0 saturated carbocycles. The molecule has 2 N–H and O–H groups in total. The number of carbonyl (C=O) groups is 1. The molecule has 0 aliphatic carbocycles. The number of aromatic nitrogens is 4. The highest BCUT2D eigenvalue weighted by Crippen LogP contribution is 2.33. The predicted octanol–water partition coefficient (Wildman–Crippen LogP) is 3.62. The molecule has 2 heterocycles. The molecule has 1 amide bonds. The number of methoxy groups -OCH3 is 1. The van der Waals surface area contributed by atoms with Crippen LogP contribution in [0.1, 0.15) is 33.4 Å². The van der Waals surface area contributed by atoms with Gasteiger partial charge in [-0.3, -0.25) is 9.89 Å². The van der Waals surface area contributed by atoms with Crippen molar-refractivity contribution in [2.75, 3.05) is 19.0 Å². The number of rotatable bonds is 6. The van der Waals surface area contributed by atoms with Crippen LogP contribution in [0, 0.1) is 0 Å². The predicted molar refractivity (Wildman–Crippen MR) is 108 cm³/mol. The van der Waals surface area contributed by atoms with E-state index in [0.717, 1.165) is 5.69 Å². The van der Waals surface area contributed by atoms with E-state index in [1.165, 1.54) is 7.11 Å². The van der Waals surface area contributed by atoms with Gasteiger partial charge in [0.2, 0.25) is 6.29 Å². The van der Waals surface area contributed by atoms with Gasteiger partial charge in [-0.2, -0.15) is 4.63 Å². The minimum Gasteiger partial charge on any atom is -0.348 e. The van der Waals surface area contributed by atoms with E-state index in [1.807, 2.05) is 18.2 Å². The van der Waals surface area contributed by atoms with Crippen molar-refractivity contribution in [3.63, 3.8) is 0 Å². The summed E-state index contributed by atoms with van der Waals surface area (Å²) in [6.45, 7) is 8.32. The summed E-state index contributed by atoms with van der Waals surface area (Å²) in [4.78, 5) is 17.0. The number of nitrogens with one attached hydrogen (secondary N) is 2. The molecule has 0 bridgehead atoms. The van der Waals surface area contributed by atoms with Gasteiger partial charge in [0.1, 0.15) is 5.02 Å². The average molecular weight is 406 g/mol. The molecule has 0 spiro atoms. The fourth-order valence-corrected chi connectivity index (χ4v) is 3.24. The Labute approximate surface area is 168 Å². The zero-order chi connectivity index (χ0) is 20.5. The van der Waals surface area contributed by atoms with Crippen LogP contribution in [0.4, 0.5) is 5.69 Å². The first kappa shape index (κ1) is 20.3. The largest absolute Gasteiger partial charge is 0.348 e. The van der Waals surface area contributed by atoms with E-state index in [1.54, 1.807) is 17.6 Å². The van der Waals surface area contributed by atoms with Gasteiger partial charge in [0.25, 0.3) is 5.91 Å². The van der Waals surface area contributed by atoms with Crippen LogP contribution in [0.2, 0.25) is 5.02 Å². The van der Waals surface area contributed by atoms with E-state index in [9.17, 15) is 4.79 Å². The number of H-pyrrole nitrogens is 1. The number of aromatic amines is 1. The van der Waals surface area contributed by atoms with Gasteiger partial charge in [-0.05, 0) is 19.1 Å². The van der Waals surface area contributed by atoms with Crippen LogP contribution in [0.25, 0.3) is 17.0 Å². The molecule has 2 aromatic heterocycles. The maximum atomic E-state index is 12.4. The lowest BCUT2D eigenvalue weighted by atomic mass is 9.92. The van der Waals surface area contributed by atoms with E-state index in [4.69, 9.17) is 21.1 Å². The second-order valence-corrected chi connectivity index (χ2v) is 7.66. The van der Waals surface area contributed by atoms with E-state index in [-0.39, 0.29) is 5.41 Å². The molecule has 9 heteroatoms. The summed E-state index contributed by atoms with van der Waals surface area (Å²) < 4.78 is 11.9. The topological polar surface area (TPSA) is 93.5 Å². The molecule has 0 radical (unpaired) electrons. The highest BCUT2D eigenvalue weighted by molar-refractivity contribution is 6.34. The Morgan fingerprint density at radius 3 is 2.68 bits per heavy atom. The van der Waals surface area contributed by atoms with Crippen LogP contribution in [0.5, 0.6) is 0 Å². The molecule has 0 aliphatic rings. The summed E-state index contributed by atoms with van der Waals surface area (Å²) in [5.74, 6) is 0.0320. The van der Waals surface area contributed by atoms with Gasteiger partial charge in [-0.25, -0.2) is 4.98 Å². The van der Waals surface area contributed by atoms with E-state index in [2.05, 4.69) is 41.3 Å². The zero-order valence-corrected chi connectivity index (χ0v) is 17.3. The minimum atomic E-state index is -0.994. The van der Waals surface area contributed by atoms with Crippen LogP contribution in [-0.4, -0.2) is 45.7 Å². The molecule has 0 aliphatic heterocycles. The molecule has 3 rings (SSSR count). The maximum Gasteiger partial charge on any atom is 0.281 e. The quantitative estimate of drug-likeness (QED) is 0.611. The Balaban J connectivity index is 1.96. The summed E-state index contributed by atoms with van der Waals surface area (Å²) in [6, 6.07) is 7.25. The summed E-state index contributed by atoms with van der Waals surface area (Å²) in [7, 11) is 1.42. The lowest BCUT2D eigenvalue weighted by Crippen LogP contribution is -2.32. The molecule has 1 atom stereocenters. The van der Waals surface area contributed by atoms with E-state index in [0.29, 0.717) is 34.4 Å². The third-order valence-corrected chi connectivity index (χ3v) is 4.52. The first-order valence-electron chi connectivity index (χ1n) is 8.95. The van der Waals surface area contributed by atoms with Crippen LogP contribution < -0.4 is 5.32 Å². The normalized spacial score (nSPS) is 13.1. The Hall–Kier alpha value is -2.42. The van der Waals surface area contributed by atoms with E-state index >= 15 is 0 Å². The highest BCUT2D eigenvalue weighted by Gasteiger charge is 2.25. The molecule has 0 saturated heterocycles. The SMILES string of the molecule is CCOC(OC)C(=O)Nc1ccccc1-c1nc2c(Cl)c(C(C)(C)C)[nH]n2n1. The third-order valence-electron chi connectivity index (χ3n) is 4.16. The number of halogens is 1. The smallest absolute Gasteiger partial charge is 0.281 e. The second-order valence-electron chi connectivity index (χ2n) is 7.28. The van der Waals surface area contributed by atoms with Gasteiger partial charge < -0.3 is 14.8 Å². The van der Waals surface area contributed by atoms with Crippen molar-refractivity contribution >= 4 is 28.8 Å². The van der Waals surface area contributed by atoms with Crippen molar-refractivity contribution in [2.24, 2.45) is 0 Å². The van der Waals surface area contributed by atoms with Gasteiger partial charge in [-0.1, -0.05) is 44.5 Å². The fraction of sp³-hybridized carbons (Fsp3) is 0.421. The van der Waals surface area contributed by atoms with Gasteiger partial charge in [0.05, 0.1) is 11.4 Å². The number of fused-ring (bicyclic) bond motifs is 1. The van der Waals surface area contributed by atoms with Crippen LogP contribution >= 0.6 is 11.6 Å². The van der Waals surface area contributed by atoms with Gasteiger partial charge >= 0.3 is 0 Å². The number of nitrogens with zero attached hydrogens (tertiary/aromatic N) is 3. The van der Waals surface area contributed by atoms with Crippen LogP contribution in [0.15, 0.2) is 24.3 Å². The molecule has 0 fully saturated rings. The molecule has 1 unspecified atom stereocenters. The van der Waals surface area contributed by atoms with Gasteiger partial charge in [0.15, 0.2) is 11.5 Å². The number of carbonyl (C=O) groups excluding carboxylic acids is 1. The summed E-state index contributed by atoms with van der Waals surface area (Å²) in [6.07, 6.45) is -0.994. The number of amides is 1. The number of benzene rings is 1. The van der Waals surface area contributed by atoms with Gasteiger partial charge in [-0.15, -0.1) is 5.10 Å². The molecule has 3 aromatic rings. The van der Waals surface area contributed by atoms with Crippen molar-refractivity contribution < 1.29 is 14.3 Å². The summed E-state index contributed by atoms with van der Waals surface area (Å²) >= 11 is 6.50. The maximum absolute atomic E-state index is 12.4. The number of ether oxygens (including phenoxy) is 2. The fourth-order valence-electron chi connectivity index (χ4n) is 2.79. The van der Waals surface area contributed by atoms with Crippen molar-refractivity contribution in [1.82, 2.24) is 19.8 Å². The Bertz CT molecular complexity index is 989. The molecule has 28 heavy (non-hydrogen) atoms. The second kappa shape index (κ2) is 7.90. The number of hydrogen-bond acceptors (Lipinski definition) is 5. The summed E-state index contributed by atoms with van der Waals surface area (Å²) in [5, 5.41) is 11.0. The zero-order valence-electron chi connectivity index (χ0n) is 16.5. The number of para-hydroxylation sites is 1. The first-order valence-corrected chi connectivity index (χ1v) is 9.33. The van der Waals surface area contributed by atoms with Crippen LogP contribution in [0.3, 0.4) is 0 Å². The van der Waals surface area contributed by atoms with E-state index < -0.39 is 12.2 Å². The lowest BCUT2D eigenvalue weighted by Gasteiger charge is -2.16. The number of hydrogen-bond donors (Lipinski definition) is 2. The highest BCUT2D eigenvalue weighted by atomic mass is 35.5. The molecule has 8 nitrogen and oxygen atoms in total. The standard InChI is InChI=1S/C19H24ClN5O3/c1-6-28-18(27-5)17(26)21-12-10-8-7-9-11(12)15-22-16-13(20)14(19(2,3)4)23-25(16)24-15/h7-10,18,23H,6H2,1-5H3,(H,21,26). The summed E-state index contributed by atoms with van der Waals surface area (Å²) in [5.41, 5.74) is 2.44. The van der Waals surface area contributed by atoms with Gasteiger partial charge in [0, 0.05) is 24.7 Å². The molecular weight excluding hydrogens is 382 g/mol. The molecular formula is C19H24ClN5O3. The van der Waals surface area contributed by atoms with Crippen LogP contribution in [-0.2, 0) is 19.7 Å². The molecule has 1 aromatic carbocycles. The Morgan fingerprint density at radius 2 is 2.07 bits per heavy atom. The lowest BCUT2D eigenvalue weighted by molar-refractivity contribution is -0.158. The Morgan fingerprint density at radius 1 is 1.36 bits per heavy atom. The van der Waals surface area contributed by atoms with Crippen molar-refractivity contribution in [2.45, 2.75) is 39.4 Å². The van der Waals surface area contributed by atoms with Crippen molar-refractivity contribution in [1.29, 1.82) is 0 Å². The van der Waals surface area contributed by atoms with Crippen molar-refractivity contribution in [3.8, 4) is 11.4 Å².